The van der Waals surface area contributed by atoms with Crippen molar-refractivity contribution in [3.63, 3.8) is 0 Å². The van der Waals surface area contributed by atoms with Crippen LogP contribution in [0.5, 0.6) is 0 Å². The summed E-state index contributed by atoms with van der Waals surface area (Å²) in [6.07, 6.45) is 2.18. The molecule has 1 amide bonds. The lowest BCUT2D eigenvalue weighted by molar-refractivity contribution is -0.133. The Hall–Kier alpha value is -0.960. The average molecular weight is 249 g/mol. The maximum atomic E-state index is 12.2. The number of benzene rings is 1. The van der Waals surface area contributed by atoms with Crippen molar-refractivity contribution in [1.82, 2.24) is 4.90 Å². The number of amides is 1. The lowest BCUT2D eigenvalue weighted by Crippen LogP contribution is -2.42. The number of thioether (sulfide) groups is 1. The van der Waals surface area contributed by atoms with E-state index in [0.29, 0.717) is 5.91 Å². The van der Waals surface area contributed by atoms with Crippen LogP contribution in [-0.2, 0) is 11.3 Å². The summed E-state index contributed by atoms with van der Waals surface area (Å²) in [5.41, 5.74) is 1.22. The van der Waals surface area contributed by atoms with Crippen LogP contribution >= 0.6 is 11.8 Å². The molecule has 1 fully saturated rings. The van der Waals surface area contributed by atoms with E-state index in [4.69, 9.17) is 0 Å². The minimum absolute atomic E-state index is 0.192. The molecule has 1 atom stereocenters. The molecule has 0 saturated carbocycles. The maximum Gasteiger partial charge on any atom is 0.235 e. The Bertz CT molecular complexity index is 364. The Morgan fingerprint density at radius 3 is 2.82 bits per heavy atom. The quantitative estimate of drug-likeness (QED) is 0.817. The van der Waals surface area contributed by atoms with Crippen molar-refractivity contribution < 1.29 is 4.79 Å². The van der Waals surface area contributed by atoms with E-state index in [-0.39, 0.29) is 5.25 Å². The molecule has 1 saturated heterocycles. The summed E-state index contributed by atoms with van der Waals surface area (Å²) in [7, 11) is 0. The van der Waals surface area contributed by atoms with E-state index < -0.39 is 0 Å². The van der Waals surface area contributed by atoms with Crippen LogP contribution in [0.1, 0.15) is 25.3 Å². The van der Waals surface area contributed by atoms with Gasteiger partial charge in [0.25, 0.3) is 0 Å². The number of carbonyl (C=O) groups excluding carboxylic acids is 1. The van der Waals surface area contributed by atoms with Crippen LogP contribution in [0.4, 0.5) is 0 Å². The Morgan fingerprint density at radius 1 is 1.35 bits per heavy atom. The minimum atomic E-state index is 0.192. The van der Waals surface area contributed by atoms with Crippen LogP contribution in [0.25, 0.3) is 0 Å². The minimum Gasteiger partial charge on any atom is -0.337 e. The van der Waals surface area contributed by atoms with Crippen molar-refractivity contribution in [2.45, 2.75) is 31.6 Å². The van der Waals surface area contributed by atoms with Gasteiger partial charge in [0, 0.05) is 13.1 Å². The second-order valence-corrected chi connectivity index (χ2v) is 5.81. The zero-order valence-corrected chi connectivity index (χ0v) is 11.1. The standard InChI is InChI=1S/C14H19NOS/c1-2-17-13-9-6-10-15(14(13)16)11-12-7-4-3-5-8-12/h3-5,7-8,13H,2,6,9-11H2,1H3/t13-/m1/s1. The third kappa shape index (κ3) is 3.25. The lowest BCUT2D eigenvalue weighted by atomic mass is 10.1. The van der Waals surface area contributed by atoms with Gasteiger partial charge < -0.3 is 4.90 Å². The highest BCUT2D eigenvalue weighted by Crippen LogP contribution is 2.24. The number of likely N-dealkylation sites (tertiary alicyclic amines) is 1. The molecule has 2 rings (SSSR count). The second kappa shape index (κ2) is 6.10. The van der Waals surface area contributed by atoms with Crippen LogP contribution in [0, 0.1) is 0 Å². The van der Waals surface area contributed by atoms with E-state index in [1.807, 2.05) is 23.1 Å². The molecule has 0 bridgehead atoms. The predicted molar refractivity (Wildman–Crippen MR) is 73.0 cm³/mol. The molecule has 2 nitrogen and oxygen atoms in total. The summed E-state index contributed by atoms with van der Waals surface area (Å²) in [6.45, 7) is 3.79. The molecule has 1 aliphatic rings. The van der Waals surface area contributed by atoms with Crippen molar-refractivity contribution in [2.75, 3.05) is 12.3 Å². The molecule has 1 aliphatic heterocycles. The fourth-order valence-corrected chi connectivity index (χ4v) is 3.25. The number of hydrogen-bond acceptors (Lipinski definition) is 2. The van der Waals surface area contributed by atoms with Crippen LogP contribution < -0.4 is 0 Å². The number of hydrogen-bond donors (Lipinski definition) is 0. The van der Waals surface area contributed by atoms with Crippen molar-refractivity contribution in [2.24, 2.45) is 0 Å². The van der Waals surface area contributed by atoms with Crippen molar-refractivity contribution in [3.8, 4) is 0 Å². The molecule has 3 heteroatoms. The van der Waals surface area contributed by atoms with Gasteiger partial charge in [-0.25, -0.2) is 0 Å². The first-order valence-corrected chi connectivity index (χ1v) is 7.30. The average Bonchev–Trinajstić information content (AvgIpc) is 2.36. The van der Waals surface area contributed by atoms with E-state index in [2.05, 4.69) is 19.1 Å². The van der Waals surface area contributed by atoms with E-state index >= 15 is 0 Å². The molecule has 17 heavy (non-hydrogen) atoms. The van der Waals surface area contributed by atoms with Crippen LogP contribution in [0.3, 0.4) is 0 Å². The van der Waals surface area contributed by atoms with Gasteiger partial charge in [-0.3, -0.25) is 4.79 Å². The highest BCUT2D eigenvalue weighted by molar-refractivity contribution is 8.00. The monoisotopic (exact) mass is 249 g/mol. The molecule has 0 radical (unpaired) electrons. The highest BCUT2D eigenvalue weighted by Gasteiger charge is 2.28. The summed E-state index contributed by atoms with van der Waals surface area (Å²) in [5.74, 6) is 1.35. The first kappa shape index (κ1) is 12.5. The SMILES string of the molecule is CCS[C@@H]1CCCN(Cc2ccccc2)C1=O. The smallest absolute Gasteiger partial charge is 0.235 e. The zero-order chi connectivity index (χ0) is 12.1. The Morgan fingerprint density at radius 2 is 2.12 bits per heavy atom. The molecule has 92 valence electrons. The molecule has 1 aromatic carbocycles. The second-order valence-electron chi connectivity index (χ2n) is 4.33. The molecule has 1 heterocycles. The van der Waals surface area contributed by atoms with Gasteiger partial charge in [-0.1, -0.05) is 37.3 Å². The van der Waals surface area contributed by atoms with Gasteiger partial charge >= 0.3 is 0 Å². The highest BCUT2D eigenvalue weighted by atomic mass is 32.2. The predicted octanol–water partition coefficient (Wildman–Crippen LogP) is 2.93. The lowest BCUT2D eigenvalue weighted by Gasteiger charge is -2.32. The van der Waals surface area contributed by atoms with E-state index in [1.54, 1.807) is 11.8 Å². The molecule has 0 aromatic heterocycles. The zero-order valence-electron chi connectivity index (χ0n) is 10.3. The Labute approximate surface area is 107 Å². The largest absolute Gasteiger partial charge is 0.337 e. The number of carbonyl (C=O) groups is 1. The van der Waals surface area contributed by atoms with E-state index in [1.165, 1.54) is 5.56 Å². The van der Waals surface area contributed by atoms with Gasteiger partial charge in [0.15, 0.2) is 0 Å². The fourth-order valence-electron chi connectivity index (χ4n) is 2.22. The summed E-state index contributed by atoms with van der Waals surface area (Å²) in [5, 5.41) is 0.192. The number of piperidine rings is 1. The van der Waals surface area contributed by atoms with E-state index in [9.17, 15) is 4.79 Å². The fraction of sp³-hybridized carbons (Fsp3) is 0.500. The number of rotatable bonds is 4. The summed E-state index contributed by atoms with van der Waals surface area (Å²) < 4.78 is 0. The summed E-state index contributed by atoms with van der Waals surface area (Å²) >= 11 is 1.78. The van der Waals surface area contributed by atoms with Crippen molar-refractivity contribution in [3.05, 3.63) is 35.9 Å². The van der Waals surface area contributed by atoms with Crippen LogP contribution in [-0.4, -0.2) is 28.4 Å². The summed E-state index contributed by atoms with van der Waals surface area (Å²) in [4.78, 5) is 14.2. The Balaban J connectivity index is 1.98. The molecule has 0 N–H and O–H groups in total. The van der Waals surface area contributed by atoms with Gasteiger partial charge in [0.2, 0.25) is 5.91 Å². The van der Waals surface area contributed by atoms with Gasteiger partial charge in [-0.15, -0.1) is 11.8 Å². The third-order valence-electron chi connectivity index (χ3n) is 3.07. The number of nitrogens with zero attached hydrogens (tertiary/aromatic N) is 1. The van der Waals surface area contributed by atoms with Gasteiger partial charge in [-0.05, 0) is 24.2 Å². The van der Waals surface area contributed by atoms with Gasteiger partial charge in [0.1, 0.15) is 0 Å². The molecule has 0 aliphatic carbocycles. The van der Waals surface area contributed by atoms with Gasteiger partial charge in [0.05, 0.1) is 5.25 Å². The van der Waals surface area contributed by atoms with Gasteiger partial charge in [-0.2, -0.15) is 0 Å². The Kier molecular flexibility index (Phi) is 4.49. The third-order valence-corrected chi connectivity index (χ3v) is 4.24. The molecular formula is C14H19NOS. The molecule has 1 aromatic rings. The van der Waals surface area contributed by atoms with Crippen LogP contribution in [0.15, 0.2) is 30.3 Å². The van der Waals surface area contributed by atoms with Crippen molar-refractivity contribution in [1.29, 1.82) is 0 Å². The first-order valence-electron chi connectivity index (χ1n) is 6.25. The normalized spacial score (nSPS) is 20.6. The molecular weight excluding hydrogens is 230 g/mol. The van der Waals surface area contributed by atoms with Crippen LogP contribution in [0.2, 0.25) is 0 Å². The molecule has 0 unspecified atom stereocenters. The topological polar surface area (TPSA) is 20.3 Å². The van der Waals surface area contributed by atoms with E-state index in [0.717, 1.165) is 31.7 Å². The first-order chi connectivity index (χ1) is 8.31. The summed E-state index contributed by atoms with van der Waals surface area (Å²) in [6, 6.07) is 10.2. The maximum absolute atomic E-state index is 12.2. The van der Waals surface area contributed by atoms with Crippen molar-refractivity contribution >= 4 is 17.7 Å². The molecule has 0 spiro atoms.